The fourth-order valence-corrected chi connectivity index (χ4v) is 3.14. The summed E-state index contributed by atoms with van der Waals surface area (Å²) in [6, 6.07) is 5.88. The molecule has 2 aromatic heterocycles. The molecule has 1 saturated heterocycles. The van der Waals surface area contributed by atoms with Crippen LogP contribution in [0.1, 0.15) is 5.69 Å². The quantitative estimate of drug-likeness (QED) is 0.704. The van der Waals surface area contributed by atoms with Crippen LogP contribution < -0.4 is 15.4 Å². The topological polar surface area (TPSA) is 67.2 Å². The minimum absolute atomic E-state index is 0.0145. The Morgan fingerprint density at radius 1 is 0.960 bits per heavy atom. The standard InChI is InChI=1S/C18H20N6O/c1-13-10-20-17(11-19-13)24-7-5-23(6-8-24)14-3-4-15-16(9-14)21-12-22(2)18(15)25/h3-4,9-12H,5-8H2,1-2H3. The Labute approximate surface area is 145 Å². The predicted octanol–water partition coefficient (Wildman–Crippen LogP) is 1.36. The van der Waals surface area contributed by atoms with Gasteiger partial charge in [-0.05, 0) is 25.1 Å². The van der Waals surface area contributed by atoms with Crippen molar-refractivity contribution in [3.63, 3.8) is 0 Å². The van der Waals surface area contributed by atoms with Crippen LogP contribution >= 0.6 is 0 Å². The number of rotatable bonds is 2. The molecular formula is C18H20N6O. The average molecular weight is 336 g/mol. The summed E-state index contributed by atoms with van der Waals surface area (Å²) in [5, 5.41) is 0.655. The molecule has 4 rings (SSSR count). The number of piperazine rings is 1. The van der Waals surface area contributed by atoms with Crippen LogP contribution in [-0.4, -0.2) is 45.7 Å². The number of hydrogen-bond acceptors (Lipinski definition) is 6. The highest BCUT2D eigenvalue weighted by Gasteiger charge is 2.19. The maximum atomic E-state index is 12.1. The van der Waals surface area contributed by atoms with Crippen LogP contribution in [-0.2, 0) is 7.05 Å². The molecule has 3 aromatic rings. The van der Waals surface area contributed by atoms with Crippen molar-refractivity contribution < 1.29 is 0 Å². The molecule has 1 aliphatic heterocycles. The molecule has 25 heavy (non-hydrogen) atoms. The Balaban J connectivity index is 1.52. The van der Waals surface area contributed by atoms with Gasteiger partial charge in [0.1, 0.15) is 5.82 Å². The molecule has 0 N–H and O–H groups in total. The van der Waals surface area contributed by atoms with Crippen LogP contribution in [0.5, 0.6) is 0 Å². The second-order valence-electron chi connectivity index (χ2n) is 6.35. The lowest BCUT2D eigenvalue weighted by Crippen LogP contribution is -2.46. The van der Waals surface area contributed by atoms with E-state index in [9.17, 15) is 4.79 Å². The van der Waals surface area contributed by atoms with E-state index >= 15 is 0 Å². The fourth-order valence-electron chi connectivity index (χ4n) is 3.14. The van der Waals surface area contributed by atoms with Crippen molar-refractivity contribution in [2.45, 2.75) is 6.92 Å². The van der Waals surface area contributed by atoms with Gasteiger partial charge in [0.05, 0.1) is 35.3 Å². The summed E-state index contributed by atoms with van der Waals surface area (Å²) < 4.78 is 1.50. The molecule has 1 aromatic carbocycles. The normalized spacial score (nSPS) is 15.0. The Morgan fingerprint density at radius 2 is 1.72 bits per heavy atom. The first kappa shape index (κ1) is 15.6. The van der Waals surface area contributed by atoms with Crippen molar-refractivity contribution in [2.75, 3.05) is 36.0 Å². The summed E-state index contributed by atoms with van der Waals surface area (Å²) in [6.45, 7) is 5.51. The highest BCUT2D eigenvalue weighted by atomic mass is 16.1. The summed E-state index contributed by atoms with van der Waals surface area (Å²) in [5.41, 5.74) is 2.76. The van der Waals surface area contributed by atoms with Crippen LogP contribution in [0.15, 0.2) is 41.7 Å². The van der Waals surface area contributed by atoms with Crippen molar-refractivity contribution in [1.29, 1.82) is 0 Å². The van der Waals surface area contributed by atoms with E-state index in [0.29, 0.717) is 5.39 Å². The number of fused-ring (bicyclic) bond motifs is 1. The van der Waals surface area contributed by atoms with Gasteiger partial charge in [-0.2, -0.15) is 0 Å². The highest BCUT2D eigenvalue weighted by molar-refractivity contribution is 5.81. The molecule has 128 valence electrons. The summed E-state index contributed by atoms with van der Waals surface area (Å²) in [7, 11) is 1.72. The van der Waals surface area contributed by atoms with Gasteiger partial charge in [0, 0.05) is 38.9 Å². The van der Waals surface area contributed by atoms with Crippen molar-refractivity contribution in [1.82, 2.24) is 19.5 Å². The first-order valence-electron chi connectivity index (χ1n) is 8.36. The molecule has 0 saturated carbocycles. The van der Waals surface area contributed by atoms with Gasteiger partial charge in [0.25, 0.3) is 5.56 Å². The van der Waals surface area contributed by atoms with E-state index in [2.05, 4.69) is 24.8 Å². The third kappa shape index (κ3) is 2.93. The van der Waals surface area contributed by atoms with E-state index in [1.807, 2.05) is 31.3 Å². The Morgan fingerprint density at radius 3 is 2.44 bits per heavy atom. The van der Waals surface area contributed by atoms with Gasteiger partial charge < -0.3 is 14.4 Å². The van der Waals surface area contributed by atoms with Gasteiger partial charge in [-0.15, -0.1) is 0 Å². The number of aromatic nitrogens is 4. The van der Waals surface area contributed by atoms with Crippen LogP contribution in [0.2, 0.25) is 0 Å². The van der Waals surface area contributed by atoms with Crippen LogP contribution in [0.3, 0.4) is 0 Å². The summed E-state index contributed by atoms with van der Waals surface area (Å²) in [6.07, 6.45) is 5.21. The van der Waals surface area contributed by atoms with E-state index in [4.69, 9.17) is 0 Å². The smallest absolute Gasteiger partial charge is 0.260 e. The first-order chi connectivity index (χ1) is 12.1. The maximum Gasteiger partial charge on any atom is 0.260 e. The molecule has 0 aliphatic carbocycles. The minimum atomic E-state index is -0.0145. The molecule has 0 bridgehead atoms. The monoisotopic (exact) mass is 336 g/mol. The first-order valence-corrected chi connectivity index (χ1v) is 8.36. The zero-order valence-corrected chi connectivity index (χ0v) is 14.4. The lowest BCUT2D eigenvalue weighted by molar-refractivity contribution is 0.646. The Kier molecular flexibility index (Phi) is 3.83. The lowest BCUT2D eigenvalue weighted by Gasteiger charge is -2.36. The Hall–Kier alpha value is -2.96. The molecule has 0 radical (unpaired) electrons. The predicted molar refractivity (Wildman–Crippen MR) is 98.2 cm³/mol. The fraction of sp³-hybridized carbons (Fsp3) is 0.333. The third-order valence-electron chi connectivity index (χ3n) is 4.64. The molecule has 1 aliphatic rings. The van der Waals surface area contributed by atoms with Gasteiger partial charge in [0.15, 0.2) is 0 Å². The van der Waals surface area contributed by atoms with Gasteiger partial charge in [-0.25, -0.2) is 9.97 Å². The van der Waals surface area contributed by atoms with Gasteiger partial charge in [-0.3, -0.25) is 9.78 Å². The van der Waals surface area contributed by atoms with Crippen molar-refractivity contribution in [3.05, 3.63) is 53.0 Å². The Bertz CT molecular complexity index is 957. The van der Waals surface area contributed by atoms with Crippen LogP contribution in [0.25, 0.3) is 10.9 Å². The largest absolute Gasteiger partial charge is 0.368 e. The zero-order valence-electron chi connectivity index (χ0n) is 14.4. The SMILES string of the molecule is Cc1cnc(N2CCN(c3ccc4c(=O)n(C)cnc4c3)CC2)cn1. The molecular weight excluding hydrogens is 316 g/mol. The maximum absolute atomic E-state index is 12.1. The van der Waals surface area contributed by atoms with Gasteiger partial charge in [0.2, 0.25) is 0 Å². The summed E-state index contributed by atoms with van der Waals surface area (Å²) in [5.74, 6) is 0.925. The van der Waals surface area contributed by atoms with E-state index in [1.165, 1.54) is 4.57 Å². The van der Waals surface area contributed by atoms with Gasteiger partial charge >= 0.3 is 0 Å². The van der Waals surface area contributed by atoms with E-state index in [0.717, 1.165) is 48.9 Å². The zero-order chi connectivity index (χ0) is 17.4. The molecule has 1 fully saturated rings. The van der Waals surface area contributed by atoms with Crippen molar-refractivity contribution in [2.24, 2.45) is 7.05 Å². The molecule has 7 nitrogen and oxygen atoms in total. The minimum Gasteiger partial charge on any atom is -0.368 e. The van der Waals surface area contributed by atoms with Crippen LogP contribution in [0.4, 0.5) is 11.5 Å². The van der Waals surface area contributed by atoms with E-state index < -0.39 is 0 Å². The molecule has 3 heterocycles. The van der Waals surface area contributed by atoms with E-state index in [-0.39, 0.29) is 5.56 Å². The number of benzene rings is 1. The van der Waals surface area contributed by atoms with Crippen LogP contribution in [0, 0.1) is 6.92 Å². The second-order valence-corrected chi connectivity index (χ2v) is 6.35. The average Bonchev–Trinajstić information content (AvgIpc) is 2.65. The summed E-state index contributed by atoms with van der Waals surface area (Å²) in [4.78, 5) is 29.8. The number of anilines is 2. The molecule has 7 heteroatoms. The summed E-state index contributed by atoms with van der Waals surface area (Å²) >= 11 is 0. The number of nitrogens with zero attached hydrogens (tertiary/aromatic N) is 6. The van der Waals surface area contributed by atoms with Crippen molar-refractivity contribution in [3.8, 4) is 0 Å². The highest BCUT2D eigenvalue weighted by Crippen LogP contribution is 2.21. The van der Waals surface area contributed by atoms with E-state index in [1.54, 1.807) is 19.6 Å². The number of aryl methyl sites for hydroxylation is 2. The number of hydrogen-bond donors (Lipinski definition) is 0. The third-order valence-corrected chi connectivity index (χ3v) is 4.64. The molecule has 0 amide bonds. The molecule has 0 spiro atoms. The molecule has 0 unspecified atom stereocenters. The lowest BCUT2D eigenvalue weighted by atomic mass is 10.2. The van der Waals surface area contributed by atoms with Gasteiger partial charge in [-0.1, -0.05) is 0 Å². The van der Waals surface area contributed by atoms with Crippen molar-refractivity contribution >= 4 is 22.4 Å². The molecule has 0 atom stereocenters. The second kappa shape index (κ2) is 6.16.